The molecule has 0 saturated carbocycles. The Bertz CT molecular complexity index is 671. The van der Waals surface area contributed by atoms with Crippen LogP contribution < -0.4 is 4.74 Å². The summed E-state index contributed by atoms with van der Waals surface area (Å²) in [7, 11) is 0. The average molecular weight is 361 g/mol. The summed E-state index contributed by atoms with van der Waals surface area (Å²) in [5, 5.41) is 0.453. The van der Waals surface area contributed by atoms with E-state index in [1.807, 2.05) is 36.4 Å². The molecule has 132 valence electrons. The highest BCUT2D eigenvalue weighted by atomic mass is 35.5. The van der Waals surface area contributed by atoms with Gasteiger partial charge in [0.25, 0.3) is 0 Å². The van der Waals surface area contributed by atoms with Crippen LogP contribution in [0.5, 0.6) is 5.75 Å². The van der Waals surface area contributed by atoms with Crippen molar-refractivity contribution >= 4 is 17.7 Å². The minimum absolute atomic E-state index is 0.245. The number of piperidine rings is 1. The van der Waals surface area contributed by atoms with E-state index >= 15 is 0 Å². The van der Waals surface area contributed by atoms with Gasteiger partial charge < -0.3 is 14.4 Å². The molecule has 2 heterocycles. The Kier molecular flexibility index (Phi) is 6.12. The molecule has 0 N–H and O–H groups in total. The van der Waals surface area contributed by atoms with Gasteiger partial charge in [0, 0.05) is 13.1 Å². The van der Waals surface area contributed by atoms with Crippen LogP contribution in [0.2, 0.25) is 5.15 Å². The highest BCUT2D eigenvalue weighted by Crippen LogP contribution is 2.20. The molecule has 25 heavy (non-hydrogen) atoms. The molecule has 1 saturated heterocycles. The molecule has 2 aromatic rings. The molecule has 6 heteroatoms. The molecule has 3 rings (SSSR count). The lowest BCUT2D eigenvalue weighted by atomic mass is 9.98. The van der Waals surface area contributed by atoms with Gasteiger partial charge in [-0.3, -0.25) is 0 Å². The summed E-state index contributed by atoms with van der Waals surface area (Å²) in [5.74, 6) is 1.14. The van der Waals surface area contributed by atoms with E-state index < -0.39 is 0 Å². The predicted molar refractivity (Wildman–Crippen MR) is 95.7 cm³/mol. The fraction of sp³-hybridized carbons (Fsp3) is 0.368. The van der Waals surface area contributed by atoms with Gasteiger partial charge in [0.15, 0.2) is 0 Å². The van der Waals surface area contributed by atoms with Gasteiger partial charge in [-0.05, 0) is 36.5 Å². The summed E-state index contributed by atoms with van der Waals surface area (Å²) in [4.78, 5) is 17.9. The number of rotatable bonds is 5. The van der Waals surface area contributed by atoms with E-state index in [9.17, 15) is 4.79 Å². The third kappa shape index (κ3) is 5.36. The minimum Gasteiger partial charge on any atom is -0.492 e. The van der Waals surface area contributed by atoms with Gasteiger partial charge in [-0.15, -0.1) is 0 Å². The number of likely N-dealkylation sites (tertiary alicyclic amines) is 1. The summed E-state index contributed by atoms with van der Waals surface area (Å²) < 4.78 is 11.1. The topological polar surface area (TPSA) is 51.7 Å². The van der Waals surface area contributed by atoms with Gasteiger partial charge >= 0.3 is 6.09 Å². The number of carbonyl (C=O) groups excluding carboxylic acids is 1. The molecule has 1 aliphatic rings. The van der Waals surface area contributed by atoms with Crippen molar-refractivity contribution in [3.8, 4) is 5.75 Å². The summed E-state index contributed by atoms with van der Waals surface area (Å²) in [5.41, 5.74) is 0.996. The molecular weight excluding hydrogens is 340 g/mol. The van der Waals surface area contributed by atoms with Crippen molar-refractivity contribution in [1.29, 1.82) is 0 Å². The van der Waals surface area contributed by atoms with Crippen LogP contribution in [-0.2, 0) is 11.3 Å². The van der Waals surface area contributed by atoms with E-state index in [1.165, 1.54) is 0 Å². The van der Waals surface area contributed by atoms with Crippen molar-refractivity contribution in [2.24, 2.45) is 5.92 Å². The Hall–Kier alpha value is -2.27. The van der Waals surface area contributed by atoms with Gasteiger partial charge in [-0.2, -0.15) is 0 Å². The number of nitrogens with zero attached hydrogens (tertiary/aromatic N) is 2. The monoisotopic (exact) mass is 360 g/mol. The summed E-state index contributed by atoms with van der Waals surface area (Å²) in [6, 6.07) is 13.2. The van der Waals surface area contributed by atoms with Crippen LogP contribution in [0.15, 0.2) is 48.7 Å². The highest BCUT2D eigenvalue weighted by molar-refractivity contribution is 6.29. The zero-order valence-electron chi connectivity index (χ0n) is 13.9. The van der Waals surface area contributed by atoms with Gasteiger partial charge in [0.2, 0.25) is 0 Å². The Morgan fingerprint density at radius 3 is 2.60 bits per heavy atom. The third-order valence-electron chi connectivity index (χ3n) is 4.26. The van der Waals surface area contributed by atoms with E-state index in [1.54, 1.807) is 17.2 Å². The molecule has 0 spiro atoms. The van der Waals surface area contributed by atoms with Crippen molar-refractivity contribution in [3.63, 3.8) is 0 Å². The molecular formula is C19H21ClN2O3. The lowest BCUT2D eigenvalue weighted by Gasteiger charge is -2.31. The van der Waals surface area contributed by atoms with Crippen LogP contribution in [0.25, 0.3) is 0 Å². The number of hydrogen-bond donors (Lipinski definition) is 0. The predicted octanol–water partition coefficient (Wildman–Crippen LogP) is 4.16. The molecule has 1 amide bonds. The standard InChI is InChI=1S/C19H21ClN2O3/c20-18-7-6-17(12-21-18)24-13-16-8-10-22(11-9-16)19(23)25-14-15-4-2-1-3-5-15/h1-7,12,16H,8-11,13-14H2. The Morgan fingerprint density at radius 2 is 1.92 bits per heavy atom. The highest BCUT2D eigenvalue weighted by Gasteiger charge is 2.24. The zero-order valence-corrected chi connectivity index (χ0v) is 14.7. The van der Waals surface area contributed by atoms with Gasteiger partial charge in [-0.25, -0.2) is 9.78 Å². The first-order chi connectivity index (χ1) is 12.2. The summed E-state index contributed by atoms with van der Waals surface area (Å²) in [6.45, 7) is 2.32. The van der Waals surface area contributed by atoms with Crippen molar-refractivity contribution in [3.05, 3.63) is 59.4 Å². The maximum atomic E-state index is 12.1. The molecule has 0 radical (unpaired) electrons. The number of pyridine rings is 1. The molecule has 1 fully saturated rings. The Morgan fingerprint density at radius 1 is 1.16 bits per heavy atom. The van der Waals surface area contributed by atoms with E-state index in [-0.39, 0.29) is 6.09 Å². The minimum atomic E-state index is -0.245. The van der Waals surface area contributed by atoms with Crippen LogP contribution in [0.3, 0.4) is 0 Å². The second kappa shape index (κ2) is 8.72. The number of benzene rings is 1. The molecule has 1 aliphatic heterocycles. The normalized spacial score (nSPS) is 15.0. The van der Waals surface area contributed by atoms with E-state index in [4.69, 9.17) is 21.1 Å². The molecule has 0 atom stereocenters. The fourth-order valence-corrected chi connectivity index (χ4v) is 2.87. The lowest BCUT2D eigenvalue weighted by Crippen LogP contribution is -2.39. The number of hydrogen-bond acceptors (Lipinski definition) is 4. The van der Waals surface area contributed by atoms with Gasteiger partial charge in [0.1, 0.15) is 17.5 Å². The second-order valence-corrected chi connectivity index (χ2v) is 6.49. The fourth-order valence-electron chi connectivity index (χ4n) is 2.75. The first kappa shape index (κ1) is 17.5. The first-order valence-electron chi connectivity index (χ1n) is 8.40. The number of amides is 1. The Labute approximate surface area is 152 Å². The van der Waals surface area contributed by atoms with Gasteiger partial charge in [-0.1, -0.05) is 41.9 Å². The van der Waals surface area contributed by atoms with E-state index in [2.05, 4.69) is 4.98 Å². The van der Waals surface area contributed by atoms with Crippen LogP contribution in [-0.4, -0.2) is 35.7 Å². The molecule has 0 aliphatic carbocycles. The van der Waals surface area contributed by atoms with Crippen LogP contribution in [0.1, 0.15) is 18.4 Å². The largest absolute Gasteiger partial charge is 0.492 e. The molecule has 1 aromatic heterocycles. The maximum absolute atomic E-state index is 12.1. The summed E-state index contributed by atoms with van der Waals surface area (Å²) >= 11 is 5.76. The zero-order chi connectivity index (χ0) is 17.5. The second-order valence-electron chi connectivity index (χ2n) is 6.10. The third-order valence-corrected chi connectivity index (χ3v) is 4.49. The molecule has 0 bridgehead atoms. The van der Waals surface area contributed by atoms with E-state index in [0.717, 1.165) is 18.4 Å². The number of ether oxygens (including phenoxy) is 2. The van der Waals surface area contributed by atoms with Crippen LogP contribution in [0.4, 0.5) is 4.79 Å². The summed E-state index contributed by atoms with van der Waals surface area (Å²) in [6.07, 6.45) is 3.19. The van der Waals surface area contributed by atoms with Crippen molar-refractivity contribution in [2.45, 2.75) is 19.4 Å². The maximum Gasteiger partial charge on any atom is 0.410 e. The molecule has 1 aromatic carbocycles. The number of halogens is 1. The Balaban J connectivity index is 1.37. The lowest BCUT2D eigenvalue weighted by molar-refractivity contribution is 0.0761. The van der Waals surface area contributed by atoms with Crippen molar-refractivity contribution < 1.29 is 14.3 Å². The molecule has 5 nitrogen and oxygen atoms in total. The van der Waals surface area contributed by atoms with E-state index in [0.29, 0.717) is 43.1 Å². The van der Waals surface area contributed by atoms with Gasteiger partial charge in [0.05, 0.1) is 12.8 Å². The average Bonchev–Trinajstić information content (AvgIpc) is 2.67. The first-order valence-corrected chi connectivity index (χ1v) is 8.78. The van der Waals surface area contributed by atoms with Crippen molar-refractivity contribution in [1.82, 2.24) is 9.88 Å². The van der Waals surface area contributed by atoms with Crippen molar-refractivity contribution in [2.75, 3.05) is 19.7 Å². The smallest absolute Gasteiger partial charge is 0.410 e. The molecule has 0 unspecified atom stereocenters. The van der Waals surface area contributed by atoms with Crippen LogP contribution in [0, 0.1) is 5.92 Å². The SMILES string of the molecule is O=C(OCc1ccccc1)N1CCC(COc2ccc(Cl)nc2)CC1. The quantitative estimate of drug-likeness (QED) is 0.751. The van der Waals surface area contributed by atoms with Crippen LogP contribution >= 0.6 is 11.6 Å². The number of carbonyl (C=O) groups is 1. The number of aromatic nitrogens is 1.